The van der Waals surface area contributed by atoms with Crippen LogP contribution in [-0.4, -0.2) is 62.7 Å². The first-order valence-electron chi connectivity index (χ1n) is 13.7. The van der Waals surface area contributed by atoms with Crippen LogP contribution >= 0.6 is 0 Å². The molecule has 0 aliphatic carbocycles. The van der Waals surface area contributed by atoms with Crippen molar-refractivity contribution in [1.82, 2.24) is 14.5 Å². The van der Waals surface area contributed by atoms with E-state index in [1.54, 1.807) is 0 Å². The first-order valence-corrected chi connectivity index (χ1v) is 15.1. The Morgan fingerprint density at radius 3 is 2.20 bits per heavy atom. The number of carbonyl (C=O) groups is 2. The number of carbonyl (C=O) groups excluding carboxylic acids is 2. The standard InChI is InChI=1S/C31H39FN4O4S/c1-5-6-20-33-31(38)29(21-25-15-8-7-9-16-25)35(22-26-17-11-10-14-24(26)2)30(37)23-36(41(39,40)34(3)4)28-19-13-12-18-27(28)32/h7-19,29H,5-6,20-23H2,1-4H3,(H,33,38)/t29-/m0/s1. The molecule has 3 aromatic rings. The third-order valence-electron chi connectivity index (χ3n) is 6.84. The number of nitrogens with zero attached hydrogens (tertiary/aromatic N) is 3. The minimum Gasteiger partial charge on any atom is -0.354 e. The van der Waals surface area contributed by atoms with E-state index in [2.05, 4.69) is 5.32 Å². The smallest absolute Gasteiger partial charge is 0.304 e. The lowest BCUT2D eigenvalue weighted by Crippen LogP contribution is -2.54. The summed E-state index contributed by atoms with van der Waals surface area (Å²) in [7, 11) is -1.63. The van der Waals surface area contributed by atoms with E-state index >= 15 is 0 Å². The monoisotopic (exact) mass is 582 g/mol. The molecule has 220 valence electrons. The Labute approximate surface area is 243 Å². The fourth-order valence-electron chi connectivity index (χ4n) is 4.39. The van der Waals surface area contributed by atoms with Crippen molar-refractivity contribution in [2.75, 3.05) is 31.5 Å². The van der Waals surface area contributed by atoms with Crippen LogP contribution in [0.4, 0.5) is 10.1 Å². The van der Waals surface area contributed by atoms with Crippen molar-refractivity contribution in [3.63, 3.8) is 0 Å². The molecule has 2 amide bonds. The highest BCUT2D eigenvalue weighted by Gasteiger charge is 2.35. The van der Waals surface area contributed by atoms with Crippen LogP contribution in [0.3, 0.4) is 0 Å². The van der Waals surface area contributed by atoms with E-state index in [1.165, 1.54) is 37.2 Å². The lowest BCUT2D eigenvalue weighted by Gasteiger charge is -2.34. The number of hydrogen-bond acceptors (Lipinski definition) is 4. The second-order valence-corrected chi connectivity index (χ2v) is 12.1. The van der Waals surface area contributed by atoms with Crippen molar-refractivity contribution in [3.05, 3.63) is 101 Å². The average Bonchev–Trinajstić information content (AvgIpc) is 2.95. The van der Waals surface area contributed by atoms with Gasteiger partial charge in [-0.2, -0.15) is 12.7 Å². The molecule has 0 heterocycles. The van der Waals surface area contributed by atoms with Crippen molar-refractivity contribution in [1.29, 1.82) is 0 Å². The average molecular weight is 583 g/mol. The van der Waals surface area contributed by atoms with Gasteiger partial charge in [-0.05, 0) is 42.2 Å². The Bertz CT molecular complexity index is 1420. The zero-order valence-corrected chi connectivity index (χ0v) is 24.9. The summed E-state index contributed by atoms with van der Waals surface area (Å²) in [5.41, 5.74) is 2.32. The highest BCUT2D eigenvalue weighted by molar-refractivity contribution is 7.90. The maximum atomic E-state index is 14.9. The molecule has 3 rings (SSSR count). The van der Waals surface area contributed by atoms with Gasteiger partial charge < -0.3 is 10.2 Å². The highest BCUT2D eigenvalue weighted by Crippen LogP contribution is 2.24. The normalized spacial score (nSPS) is 12.1. The molecule has 1 N–H and O–H groups in total. The maximum absolute atomic E-state index is 14.9. The third kappa shape index (κ3) is 8.37. The first kappa shape index (κ1) is 31.8. The molecule has 0 bridgehead atoms. The van der Waals surface area contributed by atoms with Crippen LogP contribution in [0.15, 0.2) is 78.9 Å². The fourth-order valence-corrected chi connectivity index (χ4v) is 5.45. The minimum absolute atomic E-state index is 0.0668. The Hall–Kier alpha value is -3.76. The lowest BCUT2D eigenvalue weighted by atomic mass is 10.0. The van der Waals surface area contributed by atoms with Crippen molar-refractivity contribution in [2.24, 2.45) is 0 Å². The molecule has 1 atom stereocenters. The van der Waals surface area contributed by atoms with Crippen LogP contribution in [0.5, 0.6) is 0 Å². The van der Waals surface area contributed by atoms with Crippen LogP contribution in [0, 0.1) is 12.7 Å². The molecule has 0 unspecified atom stereocenters. The second-order valence-electron chi connectivity index (χ2n) is 10.0. The first-order chi connectivity index (χ1) is 19.6. The van der Waals surface area contributed by atoms with E-state index in [9.17, 15) is 22.4 Å². The third-order valence-corrected chi connectivity index (χ3v) is 8.65. The number of aryl methyl sites for hydroxylation is 1. The number of nitrogens with one attached hydrogen (secondary N) is 1. The minimum atomic E-state index is -4.27. The van der Waals surface area contributed by atoms with Gasteiger partial charge in [-0.25, -0.2) is 8.70 Å². The van der Waals surface area contributed by atoms with Crippen molar-refractivity contribution < 1.29 is 22.4 Å². The van der Waals surface area contributed by atoms with Crippen LogP contribution < -0.4 is 9.62 Å². The molecule has 0 spiro atoms. The number of unbranched alkanes of at least 4 members (excludes halogenated alkanes) is 1. The Balaban J connectivity index is 2.09. The topological polar surface area (TPSA) is 90.0 Å². The van der Waals surface area contributed by atoms with E-state index in [0.29, 0.717) is 6.54 Å². The van der Waals surface area contributed by atoms with Crippen molar-refractivity contribution in [3.8, 4) is 0 Å². The molecule has 3 aromatic carbocycles. The molecular formula is C31H39FN4O4S. The molecule has 0 fully saturated rings. The summed E-state index contributed by atoms with van der Waals surface area (Å²) in [4.78, 5) is 29.3. The Morgan fingerprint density at radius 1 is 0.927 bits per heavy atom. The van der Waals surface area contributed by atoms with Gasteiger partial charge in [-0.15, -0.1) is 0 Å². The van der Waals surface area contributed by atoms with Crippen LogP contribution in [-0.2, 0) is 32.8 Å². The predicted molar refractivity (Wildman–Crippen MR) is 160 cm³/mol. The van der Waals surface area contributed by atoms with Gasteiger partial charge in [0.2, 0.25) is 11.8 Å². The second kappa shape index (κ2) is 14.7. The zero-order valence-electron chi connectivity index (χ0n) is 24.1. The van der Waals surface area contributed by atoms with Gasteiger partial charge >= 0.3 is 10.2 Å². The van der Waals surface area contributed by atoms with Crippen molar-refractivity contribution >= 4 is 27.7 Å². The van der Waals surface area contributed by atoms with E-state index in [4.69, 9.17) is 0 Å². The van der Waals surface area contributed by atoms with Gasteiger partial charge in [-0.3, -0.25) is 9.59 Å². The molecule has 0 radical (unpaired) electrons. The van der Waals surface area contributed by atoms with Crippen LogP contribution in [0.25, 0.3) is 0 Å². The predicted octanol–water partition coefficient (Wildman–Crippen LogP) is 4.30. The van der Waals surface area contributed by atoms with Crippen molar-refractivity contribution in [2.45, 2.75) is 45.7 Å². The SMILES string of the molecule is CCCCNC(=O)[C@H](Cc1ccccc1)N(Cc1ccccc1C)C(=O)CN(c1ccccc1F)S(=O)(=O)N(C)C. The summed E-state index contributed by atoms with van der Waals surface area (Å²) in [5.74, 6) is -1.75. The number of hydrogen-bond donors (Lipinski definition) is 1. The van der Waals surface area contributed by atoms with E-state index in [-0.39, 0.29) is 24.6 Å². The number of amides is 2. The summed E-state index contributed by atoms with van der Waals surface area (Å²) in [6.45, 7) is 3.75. The summed E-state index contributed by atoms with van der Waals surface area (Å²) < 4.78 is 43.3. The van der Waals surface area contributed by atoms with E-state index in [1.807, 2.05) is 68.4 Å². The van der Waals surface area contributed by atoms with E-state index < -0.39 is 34.5 Å². The molecule has 0 aromatic heterocycles. The van der Waals surface area contributed by atoms with Gasteiger partial charge in [0, 0.05) is 33.6 Å². The summed E-state index contributed by atoms with van der Waals surface area (Å²) in [5, 5.41) is 2.95. The lowest BCUT2D eigenvalue weighted by molar-refractivity contribution is -0.140. The van der Waals surface area contributed by atoms with Crippen LogP contribution in [0.2, 0.25) is 0 Å². The van der Waals surface area contributed by atoms with Gasteiger partial charge in [0.25, 0.3) is 0 Å². The van der Waals surface area contributed by atoms with Gasteiger partial charge in [0.05, 0.1) is 5.69 Å². The number of rotatable bonds is 14. The number of halogens is 1. The molecule has 0 aliphatic rings. The maximum Gasteiger partial charge on any atom is 0.304 e. The number of para-hydroxylation sites is 1. The quantitative estimate of drug-likeness (QED) is 0.287. The molecule has 10 heteroatoms. The summed E-state index contributed by atoms with van der Waals surface area (Å²) >= 11 is 0. The molecular weight excluding hydrogens is 543 g/mol. The van der Waals surface area contributed by atoms with E-state index in [0.717, 1.165) is 44.2 Å². The van der Waals surface area contributed by atoms with Gasteiger partial charge in [0.15, 0.2) is 0 Å². The number of benzene rings is 3. The molecule has 41 heavy (non-hydrogen) atoms. The zero-order chi connectivity index (χ0) is 30.0. The Kier molecular flexibility index (Phi) is 11.4. The largest absolute Gasteiger partial charge is 0.354 e. The number of anilines is 1. The van der Waals surface area contributed by atoms with Gasteiger partial charge in [0.1, 0.15) is 18.4 Å². The highest BCUT2D eigenvalue weighted by atomic mass is 32.2. The van der Waals surface area contributed by atoms with Gasteiger partial charge in [-0.1, -0.05) is 80.1 Å². The molecule has 8 nitrogen and oxygen atoms in total. The molecule has 0 saturated carbocycles. The van der Waals surface area contributed by atoms with Crippen LogP contribution in [0.1, 0.15) is 36.5 Å². The fraction of sp³-hybridized carbons (Fsp3) is 0.355. The molecule has 0 saturated heterocycles. The molecule has 0 aliphatic heterocycles. The summed E-state index contributed by atoms with van der Waals surface area (Å²) in [6, 6.07) is 21.3. The Morgan fingerprint density at radius 2 is 1.56 bits per heavy atom. The summed E-state index contributed by atoms with van der Waals surface area (Å²) in [6.07, 6.45) is 1.88.